The highest BCUT2D eigenvalue weighted by molar-refractivity contribution is 5.93. The molecule has 0 aliphatic carbocycles. The molecule has 3 heterocycles. The van der Waals surface area contributed by atoms with Crippen LogP contribution in [0.15, 0.2) is 31.2 Å². The van der Waals surface area contributed by atoms with E-state index in [1.165, 1.54) is 12.4 Å². The number of carbonyl (C=O) groups is 3. The summed E-state index contributed by atoms with van der Waals surface area (Å²) in [5.41, 5.74) is -0.148. The highest BCUT2D eigenvalue weighted by atomic mass is 19.4. The lowest BCUT2D eigenvalue weighted by atomic mass is 9.82. The number of halogens is 3. The number of hydrogen-bond donors (Lipinski definition) is 1. The quantitative estimate of drug-likeness (QED) is 0.696. The predicted octanol–water partition coefficient (Wildman–Crippen LogP) is 1.04. The molecule has 2 fully saturated rings. The van der Waals surface area contributed by atoms with Gasteiger partial charge in [-0.05, 0) is 19.9 Å². The molecule has 31 heavy (non-hydrogen) atoms. The largest absolute Gasteiger partial charge is 0.490 e. The molecule has 2 amide bonds. The minimum Gasteiger partial charge on any atom is -0.475 e. The molecular weight excluding hydrogens is 419 g/mol. The smallest absolute Gasteiger partial charge is 0.475 e. The van der Waals surface area contributed by atoms with E-state index in [0.29, 0.717) is 38.2 Å². The summed E-state index contributed by atoms with van der Waals surface area (Å²) in [5.74, 6) is -2.72. The average molecular weight is 443 g/mol. The zero-order chi connectivity index (χ0) is 23.2. The van der Waals surface area contributed by atoms with Gasteiger partial charge in [0, 0.05) is 45.1 Å². The van der Waals surface area contributed by atoms with Crippen LogP contribution in [0.25, 0.3) is 0 Å². The normalized spacial score (nSPS) is 18.9. The minimum atomic E-state index is -5.08. The van der Waals surface area contributed by atoms with E-state index in [9.17, 15) is 22.8 Å². The summed E-state index contributed by atoms with van der Waals surface area (Å²) >= 11 is 0. The van der Waals surface area contributed by atoms with Crippen LogP contribution in [0.5, 0.6) is 0 Å². The molecule has 0 aromatic carbocycles. The highest BCUT2D eigenvalue weighted by Gasteiger charge is 2.49. The zero-order valence-electron chi connectivity index (χ0n) is 17.0. The predicted molar refractivity (Wildman–Crippen MR) is 103 cm³/mol. The Kier molecular flexibility index (Phi) is 7.71. The molecular formula is C19H24F3N5O4. The van der Waals surface area contributed by atoms with Gasteiger partial charge in [-0.15, -0.1) is 6.58 Å². The van der Waals surface area contributed by atoms with Crippen LogP contribution < -0.4 is 0 Å². The molecule has 0 bridgehead atoms. The number of carboxylic acid groups (broad SMARTS) is 1. The fourth-order valence-corrected chi connectivity index (χ4v) is 3.62. The number of aliphatic carboxylic acids is 1. The lowest BCUT2D eigenvalue weighted by molar-refractivity contribution is -0.192. The Morgan fingerprint density at radius 2 is 1.84 bits per heavy atom. The topological polar surface area (TPSA) is 107 Å². The highest BCUT2D eigenvalue weighted by Crippen LogP contribution is 2.33. The molecule has 2 aliphatic rings. The van der Waals surface area contributed by atoms with E-state index in [1.807, 2.05) is 11.9 Å². The first kappa shape index (κ1) is 24.3. The van der Waals surface area contributed by atoms with Crippen molar-refractivity contribution >= 4 is 17.8 Å². The van der Waals surface area contributed by atoms with Gasteiger partial charge in [-0.2, -0.15) is 13.2 Å². The van der Waals surface area contributed by atoms with E-state index in [1.54, 1.807) is 17.2 Å². The van der Waals surface area contributed by atoms with Gasteiger partial charge in [0.05, 0.1) is 6.20 Å². The fourth-order valence-electron chi connectivity index (χ4n) is 3.62. The van der Waals surface area contributed by atoms with Crippen LogP contribution in [-0.4, -0.2) is 99.0 Å². The van der Waals surface area contributed by atoms with Gasteiger partial charge in [0.2, 0.25) is 5.91 Å². The van der Waals surface area contributed by atoms with Crippen LogP contribution >= 0.6 is 0 Å². The Hall–Kier alpha value is -3.02. The number of nitrogens with zero attached hydrogens (tertiary/aromatic N) is 5. The first-order valence-corrected chi connectivity index (χ1v) is 9.50. The molecule has 9 nitrogen and oxygen atoms in total. The number of amides is 2. The van der Waals surface area contributed by atoms with Crippen LogP contribution in [0.1, 0.15) is 23.3 Å². The maximum atomic E-state index is 13.0. The Labute approximate surface area is 177 Å². The van der Waals surface area contributed by atoms with E-state index in [4.69, 9.17) is 9.90 Å². The molecule has 2 saturated heterocycles. The van der Waals surface area contributed by atoms with Crippen molar-refractivity contribution in [2.45, 2.75) is 24.6 Å². The summed E-state index contributed by atoms with van der Waals surface area (Å²) in [6, 6.07) is 0. The Morgan fingerprint density at radius 3 is 2.32 bits per heavy atom. The van der Waals surface area contributed by atoms with Gasteiger partial charge in [-0.1, -0.05) is 6.08 Å². The fraction of sp³-hybridized carbons (Fsp3) is 0.526. The number of likely N-dealkylation sites (tertiary alicyclic amines) is 1. The molecule has 0 saturated carbocycles. The summed E-state index contributed by atoms with van der Waals surface area (Å²) in [4.78, 5) is 48.2. The van der Waals surface area contributed by atoms with Gasteiger partial charge in [0.25, 0.3) is 5.91 Å². The van der Waals surface area contributed by atoms with Gasteiger partial charge in [-0.3, -0.25) is 19.5 Å². The second-order valence-electron chi connectivity index (χ2n) is 7.18. The Morgan fingerprint density at radius 1 is 1.23 bits per heavy atom. The molecule has 1 aromatic rings. The maximum Gasteiger partial charge on any atom is 0.490 e. The van der Waals surface area contributed by atoms with Crippen molar-refractivity contribution in [3.63, 3.8) is 0 Å². The van der Waals surface area contributed by atoms with E-state index in [-0.39, 0.29) is 11.8 Å². The Bertz CT molecular complexity index is 811. The van der Waals surface area contributed by atoms with Crippen molar-refractivity contribution in [2.24, 2.45) is 0 Å². The van der Waals surface area contributed by atoms with Gasteiger partial charge < -0.3 is 14.9 Å². The van der Waals surface area contributed by atoms with Crippen molar-refractivity contribution in [1.29, 1.82) is 0 Å². The van der Waals surface area contributed by atoms with Crippen molar-refractivity contribution in [3.8, 4) is 0 Å². The molecule has 2 aliphatic heterocycles. The molecule has 0 unspecified atom stereocenters. The third kappa shape index (κ3) is 5.57. The average Bonchev–Trinajstić information content (AvgIpc) is 2.75. The molecule has 170 valence electrons. The summed E-state index contributed by atoms with van der Waals surface area (Å²) in [6.07, 6.45) is 2.51. The van der Waals surface area contributed by atoms with E-state index in [2.05, 4.69) is 21.4 Å². The van der Waals surface area contributed by atoms with Crippen molar-refractivity contribution in [2.75, 3.05) is 39.8 Å². The number of likely N-dealkylation sites (N-methyl/N-ethyl adjacent to an activating group) is 1. The van der Waals surface area contributed by atoms with Crippen molar-refractivity contribution in [3.05, 3.63) is 36.9 Å². The van der Waals surface area contributed by atoms with Crippen LogP contribution in [0.3, 0.4) is 0 Å². The van der Waals surface area contributed by atoms with Crippen LogP contribution in [0, 0.1) is 0 Å². The second-order valence-corrected chi connectivity index (χ2v) is 7.18. The number of piperidine rings is 1. The van der Waals surface area contributed by atoms with Crippen LogP contribution in [0.4, 0.5) is 13.2 Å². The number of hydrogen-bond acceptors (Lipinski definition) is 6. The number of rotatable bonds is 3. The minimum absolute atomic E-state index is 0.119. The van der Waals surface area contributed by atoms with Gasteiger partial charge in [-0.25, -0.2) is 9.78 Å². The maximum absolute atomic E-state index is 13.0. The number of carboxylic acids is 1. The molecule has 3 rings (SSSR count). The summed E-state index contributed by atoms with van der Waals surface area (Å²) < 4.78 is 31.7. The second kappa shape index (κ2) is 9.86. The van der Waals surface area contributed by atoms with Crippen LogP contribution in [-0.2, 0) is 9.59 Å². The van der Waals surface area contributed by atoms with Gasteiger partial charge in [0.15, 0.2) is 0 Å². The Balaban J connectivity index is 0.000000423. The van der Waals surface area contributed by atoms with E-state index >= 15 is 0 Å². The van der Waals surface area contributed by atoms with Crippen molar-refractivity contribution in [1.82, 2.24) is 24.7 Å². The number of alkyl halides is 3. The standard InChI is InChI=1S/C17H23N5O2.C2HF3O2/c1-3-8-22-12-11-20(2)17(16(22)24)4-9-21(10-5-17)15(23)14-13-18-6-7-19-14;3-2(4,5)1(6)7/h3,6-7,13H,1,4-5,8-12H2,2H3;(H,6,7). The third-order valence-electron chi connectivity index (χ3n) is 5.37. The summed E-state index contributed by atoms with van der Waals surface area (Å²) in [5, 5.41) is 7.12. The molecule has 1 spiro atoms. The SMILES string of the molecule is C=CCN1CCN(C)C2(CCN(C(=O)c3cnccn3)CC2)C1=O.O=C(O)C(F)(F)F. The van der Waals surface area contributed by atoms with Gasteiger partial charge in [0.1, 0.15) is 11.2 Å². The van der Waals surface area contributed by atoms with Crippen LogP contribution in [0.2, 0.25) is 0 Å². The van der Waals surface area contributed by atoms with Crippen molar-refractivity contribution < 1.29 is 32.7 Å². The molecule has 1 aromatic heterocycles. The first-order chi connectivity index (χ1) is 14.5. The molecule has 1 N–H and O–H groups in total. The summed E-state index contributed by atoms with van der Waals surface area (Å²) in [7, 11) is 2.00. The number of piperazine rings is 1. The molecule has 0 atom stereocenters. The molecule has 12 heteroatoms. The number of carbonyl (C=O) groups excluding carboxylic acids is 2. The van der Waals surface area contributed by atoms with E-state index in [0.717, 1.165) is 13.1 Å². The van der Waals surface area contributed by atoms with Gasteiger partial charge >= 0.3 is 12.1 Å². The zero-order valence-corrected chi connectivity index (χ0v) is 17.0. The monoisotopic (exact) mass is 443 g/mol. The lowest BCUT2D eigenvalue weighted by Gasteiger charge is -2.51. The lowest BCUT2D eigenvalue weighted by Crippen LogP contribution is -2.67. The van der Waals surface area contributed by atoms with E-state index < -0.39 is 17.7 Å². The first-order valence-electron chi connectivity index (χ1n) is 9.50. The third-order valence-corrected chi connectivity index (χ3v) is 5.37. The molecule has 0 radical (unpaired) electrons. The number of aromatic nitrogens is 2. The summed E-state index contributed by atoms with van der Waals surface area (Å²) in [6.45, 7) is 6.99.